The molecule has 0 aromatic heterocycles. The monoisotopic (exact) mass is 307 g/mol. The van der Waals surface area contributed by atoms with Crippen LogP contribution in [0.5, 0.6) is 0 Å². The van der Waals surface area contributed by atoms with Crippen LogP contribution in [0.25, 0.3) is 5.57 Å². The maximum Gasteiger partial charge on any atom is 0.0981 e. The van der Waals surface area contributed by atoms with Crippen LogP contribution in [-0.2, 0) is 4.74 Å². The Balaban J connectivity index is 3.07. The van der Waals surface area contributed by atoms with Gasteiger partial charge in [0.15, 0.2) is 0 Å². The highest BCUT2D eigenvalue weighted by Gasteiger charge is 2.06. The summed E-state index contributed by atoms with van der Waals surface area (Å²) in [6.07, 6.45) is 9.11. The Hall–Kier alpha value is -1.10. The lowest BCUT2D eigenvalue weighted by Gasteiger charge is -2.11. The minimum Gasteiger partial charge on any atom is -0.501 e. The van der Waals surface area contributed by atoms with Crippen molar-refractivity contribution in [2.75, 3.05) is 26.5 Å². The Morgan fingerprint density at radius 2 is 1.95 bits per heavy atom. The van der Waals surface area contributed by atoms with Gasteiger partial charge in [-0.15, -0.1) is 8.58 Å². The molecule has 0 aliphatic heterocycles. The Morgan fingerprint density at radius 3 is 2.45 bits per heavy atom. The molecule has 0 spiro atoms. The lowest BCUT2D eigenvalue weighted by atomic mass is 10.1. The van der Waals surface area contributed by atoms with Crippen LogP contribution in [0.4, 0.5) is 0 Å². The third-order valence-corrected chi connectivity index (χ3v) is 4.99. The standard InChI is InChI=1S/C16H23NOP2/c1-13(18-2)15(14-9-7-6-8-10-14)11-17-16(12-19-3)20(4)5/h6-10,19H,4-5,11-12H2,1-3H3/b15-13-,17-16?. The number of aliphatic imine (C=N–C) groups is 1. The van der Waals surface area contributed by atoms with E-state index in [0.29, 0.717) is 6.54 Å². The fourth-order valence-corrected chi connectivity index (χ4v) is 3.83. The molecule has 0 aliphatic rings. The highest BCUT2D eigenvalue weighted by Crippen LogP contribution is 2.21. The van der Waals surface area contributed by atoms with Gasteiger partial charge >= 0.3 is 0 Å². The predicted molar refractivity (Wildman–Crippen MR) is 98.6 cm³/mol. The van der Waals surface area contributed by atoms with Gasteiger partial charge in [0.2, 0.25) is 0 Å². The zero-order valence-electron chi connectivity index (χ0n) is 12.5. The second-order valence-corrected chi connectivity index (χ2v) is 7.06. The molecule has 0 fully saturated rings. The minimum atomic E-state index is -0.599. The van der Waals surface area contributed by atoms with Gasteiger partial charge in [0.25, 0.3) is 0 Å². The molecule has 0 radical (unpaired) electrons. The lowest BCUT2D eigenvalue weighted by Crippen LogP contribution is -2.00. The molecule has 0 heterocycles. The summed E-state index contributed by atoms with van der Waals surface area (Å²) in [4.78, 5) is 4.75. The molecule has 0 bridgehead atoms. The topological polar surface area (TPSA) is 21.6 Å². The Kier molecular flexibility index (Phi) is 7.59. The van der Waals surface area contributed by atoms with E-state index in [4.69, 9.17) is 9.73 Å². The van der Waals surface area contributed by atoms with E-state index in [1.54, 1.807) is 7.11 Å². The molecule has 1 atom stereocenters. The second-order valence-electron chi connectivity index (χ2n) is 4.41. The van der Waals surface area contributed by atoms with Crippen LogP contribution < -0.4 is 0 Å². The smallest absolute Gasteiger partial charge is 0.0981 e. The van der Waals surface area contributed by atoms with Crippen molar-refractivity contribution in [1.82, 2.24) is 0 Å². The molecule has 20 heavy (non-hydrogen) atoms. The van der Waals surface area contributed by atoms with Gasteiger partial charge in [-0.3, -0.25) is 4.99 Å². The Bertz CT molecular complexity index is 549. The van der Waals surface area contributed by atoms with Crippen molar-refractivity contribution in [1.29, 1.82) is 0 Å². The zero-order chi connectivity index (χ0) is 15.0. The molecule has 1 rings (SSSR count). The predicted octanol–water partition coefficient (Wildman–Crippen LogP) is 4.12. The zero-order valence-corrected chi connectivity index (χ0v) is 14.4. The number of allylic oxidation sites excluding steroid dienone is 1. The van der Waals surface area contributed by atoms with E-state index in [1.807, 2.05) is 25.1 Å². The molecule has 1 aromatic carbocycles. The van der Waals surface area contributed by atoms with Crippen LogP contribution in [0.15, 0.2) is 41.1 Å². The number of hydrogen-bond acceptors (Lipinski definition) is 2. The van der Waals surface area contributed by atoms with Crippen molar-refractivity contribution in [3.05, 3.63) is 41.7 Å². The molecule has 0 saturated heterocycles. The van der Waals surface area contributed by atoms with E-state index in [0.717, 1.165) is 37.1 Å². The summed E-state index contributed by atoms with van der Waals surface area (Å²) in [5, 5.41) is 0. The number of ether oxygens (including phenoxy) is 1. The lowest BCUT2D eigenvalue weighted by molar-refractivity contribution is 0.295. The first kappa shape index (κ1) is 17.0. The van der Waals surface area contributed by atoms with Gasteiger partial charge in [0.1, 0.15) is 0 Å². The minimum absolute atomic E-state index is 0.599. The molecule has 0 amide bonds. The molecule has 4 heteroatoms. The van der Waals surface area contributed by atoms with Crippen molar-refractivity contribution in [3.8, 4) is 0 Å². The van der Waals surface area contributed by atoms with Crippen molar-refractivity contribution in [3.63, 3.8) is 0 Å². The van der Waals surface area contributed by atoms with Gasteiger partial charge in [-0.05, 0) is 19.2 Å². The van der Waals surface area contributed by atoms with Crippen LogP contribution in [-0.4, -0.2) is 44.5 Å². The molecular formula is C16H23NOP2. The third kappa shape index (κ3) is 5.12. The van der Waals surface area contributed by atoms with Crippen molar-refractivity contribution in [2.24, 2.45) is 4.99 Å². The van der Waals surface area contributed by atoms with Gasteiger partial charge in [-0.25, -0.2) is 0 Å². The molecule has 0 N–H and O–H groups in total. The highest BCUT2D eigenvalue weighted by atomic mass is 31.1. The fraction of sp³-hybridized carbons (Fsp3) is 0.312. The molecule has 1 aromatic rings. The van der Waals surface area contributed by atoms with Gasteiger partial charge in [0.05, 0.1) is 24.9 Å². The maximum absolute atomic E-state index is 5.41. The van der Waals surface area contributed by atoms with Crippen LogP contribution >= 0.6 is 15.7 Å². The van der Waals surface area contributed by atoms with Crippen molar-refractivity contribution < 1.29 is 4.74 Å². The highest BCUT2D eigenvalue weighted by molar-refractivity contribution is 7.72. The SMILES string of the molecule is C=P(=C)C(CPC)=NC/C(=C(\C)OC)c1ccccc1. The van der Waals surface area contributed by atoms with Crippen LogP contribution in [0.2, 0.25) is 0 Å². The van der Waals surface area contributed by atoms with Crippen LogP contribution in [0, 0.1) is 0 Å². The van der Waals surface area contributed by atoms with E-state index in [1.165, 1.54) is 0 Å². The average molecular weight is 307 g/mol. The summed E-state index contributed by atoms with van der Waals surface area (Å²) in [5.74, 6) is 0.913. The Labute approximate surface area is 124 Å². The number of nitrogens with zero attached hydrogens (tertiary/aromatic N) is 1. The van der Waals surface area contributed by atoms with Gasteiger partial charge in [-0.1, -0.05) is 50.1 Å². The van der Waals surface area contributed by atoms with Crippen LogP contribution in [0.1, 0.15) is 12.5 Å². The summed E-state index contributed by atoms with van der Waals surface area (Å²) in [7, 11) is 1.95. The molecular weight excluding hydrogens is 284 g/mol. The summed E-state index contributed by atoms with van der Waals surface area (Å²) in [5.41, 5.74) is 3.44. The molecule has 1 unspecified atom stereocenters. The molecule has 2 nitrogen and oxygen atoms in total. The molecule has 0 saturated carbocycles. The fourth-order valence-electron chi connectivity index (χ4n) is 1.76. The number of benzene rings is 1. The van der Waals surface area contributed by atoms with E-state index in [9.17, 15) is 0 Å². The van der Waals surface area contributed by atoms with Crippen LogP contribution in [0.3, 0.4) is 0 Å². The van der Waals surface area contributed by atoms with Crippen molar-refractivity contribution >= 4 is 39.4 Å². The largest absolute Gasteiger partial charge is 0.501 e. The van der Waals surface area contributed by atoms with Gasteiger partial charge in [0, 0.05) is 11.7 Å². The molecule has 108 valence electrons. The Morgan fingerprint density at radius 1 is 1.30 bits per heavy atom. The first-order valence-corrected chi connectivity index (χ1v) is 9.90. The summed E-state index contributed by atoms with van der Waals surface area (Å²) in [6.45, 7) is 4.80. The summed E-state index contributed by atoms with van der Waals surface area (Å²) < 4.78 is 5.41. The maximum atomic E-state index is 5.41. The first-order chi connectivity index (χ1) is 9.60. The second kappa shape index (κ2) is 8.95. The first-order valence-electron chi connectivity index (χ1n) is 6.48. The average Bonchev–Trinajstić information content (AvgIpc) is 2.46. The normalized spacial score (nSPS) is 13.4. The third-order valence-electron chi connectivity index (χ3n) is 2.97. The number of hydrogen-bond donors (Lipinski definition) is 0. The summed E-state index contributed by atoms with van der Waals surface area (Å²) in [6, 6.07) is 10.3. The molecule has 0 aliphatic carbocycles. The van der Waals surface area contributed by atoms with Gasteiger partial charge < -0.3 is 4.74 Å². The summed E-state index contributed by atoms with van der Waals surface area (Å²) >= 11 is 0. The van der Waals surface area contributed by atoms with Gasteiger partial charge in [-0.2, -0.15) is 0 Å². The quantitative estimate of drug-likeness (QED) is 0.422. The van der Waals surface area contributed by atoms with E-state index in [2.05, 4.69) is 31.4 Å². The number of methoxy groups -OCH3 is 1. The van der Waals surface area contributed by atoms with Crippen molar-refractivity contribution in [2.45, 2.75) is 6.92 Å². The number of rotatable bonds is 7. The van der Waals surface area contributed by atoms with E-state index in [-0.39, 0.29) is 0 Å². The van der Waals surface area contributed by atoms with E-state index >= 15 is 0 Å². The van der Waals surface area contributed by atoms with E-state index < -0.39 is 7.17 Å².